The highest BCUT2D eigenvalue weighted by Gasteiger charge is 2.02. The SMILES string of the molecule is COc1ccc(CCNc2ncc(C)cn2)c(Cl)c1. The molecule has 5 heteroatoms. The normalized spacial score (nSPS) is 10.3. The summed E-state index contributed by atoms with van der Waals surface area (Å²) in [5.74, 6) is 1.40. The van der Waals surface area contributed by atoms with E-state index in [1.54, 1.807) is 19.5 Å². The number of aryl methyl sites for hydroxylation is 1. The molecule has 0 bridgehead atoms. The molecule has 1 N–H and O–H groups in total. The Bertz CT molecular complexity index is 543. The number of benzene rings is 1. The molecule has 0 aliphatic heterocycles. The molecule has 1 aromatic heterocycles. The zero-order chi connectivity index (χ0) is 13.7. The van der Waals surface area contributed by atoms with Crippen molar-refractivity contribution in [3.63, 3.8) is 0 Å². The van der Waals surface area contributed by atoms with Crippen LogP contribution < -0.4 is 10.1 Å². The average Bonchev–Trinajstić information content (AvgIpc) is 2.42. The number of anilines is 1. The van der Waals surface area contributed by atoms with Crippen molar-refractivity contribution in [3.8, 4) is 5.75 Å². The van der Waals surface area contributed by atoms with Gasteiger partial charge in [-0.3, -0.25) is 0 Å². The molecule has 0 aliphatic carbocycles. The Morgan fingerprint density at radius 3 is 2.63 bits per heavy atom. The van der Waals surface area contributed by atoms with E-state index in [2.05, 4.69) is 15.3 Å². The molecule has 100 valence electrons. The second kappa shape index (κ2) is 6.38. The van der Waals surface area contributed by atoms with E-state index >= 15 is 0 Å². The standard InChI is InChI=1S/C14H16ClN3O/c1-10-8-17-14(18-9-10)16-6-5-11-3-4-12(19-2)7-13(11)15/h3-4,7-9H,5-6H2,1-2H3,(H,16,17,18). The summed E-state index contributed by atoms with van der Waals surface area (Å²) in [5.41, 5.74) is 2.12. The zero-order valence-corrected chi connectivity index (χ0v) is 11.7. The lowest BCUT2D eigenvalue weighted by Gasteiger charge is -2.08. The monoisotopic (exact) mass is 277 g/mol. The predicted octanol–water partition coefficient (Wildman–Crippen LogP) is 3.10. The van der Waals surface area contributed by atoms with Crippen LogP contribution in [0.25, 0.3) is 0 Å². The molecule has 1 heterocycles. The molecule has 0 aliphatic rings. The molecule has 0 radical (unpaired) electrons. The molecular weight excluding hydrogens is 262 g/mol. The molecule has 2 aromatic rings. The Morgan fingerprint density at radius 1 is 1.26 bits per heavy atom. The highest BCUT2D eigenvalue weighted by Crippen LogP contribution is 2.22. The first kappa shape index (κ1) is 13.6. The lowest BCUT2D eigenvalue weighted by atomic mass is 10.1. The number of hydrogen-bond acceptors (Lipinski definition) is 4. The number of halogens is 1. The number of nitrogens with zero attached hydrogens (tertiary/aromatic N) is 2. The number of hydrogen-bond donors (Lipinski definition) is 1. The minimum Gasteiger partial charge on any atom is -0.497 e. The average molecular weight is 278 g/mol. The molecule has 0 atom stereocenters. The maximum Gasteiger partial charge on any atom is 0.222 e. The van der Waals surface area contributed by atoms with Crippen LogP contribution in [0.4, 0.5) is 5.95 Å². The minimum absolute atomic E-state index is 0.634. The summed E-state index contributed by atoms with van der Waals surface area (Å²) >= 11 is 6.17. The van der Waals surface area contributed by atoms with E-state index in [0.717, 1.165) is 29.8 Å². The van der Waals surface area contributed by atoms with Crippen molar-refractivity contribution in [3.05, 3.63) is 46.7 Å². The summed E-state index contributed by atoms with van der Waals surface area (Å²) in [7, 11) is 1.63. The van der Waals surface area contributed by atoms with Gasteiger partial charge in [-0.1, -0.05) is 17.7 Å². The Kier molecular flexibility index (Phi) is 4.58. The van der Waals surface area contributed by atoms with Gasteiger partial charge >= 0.3 is 0 Å². The van der Waals surface area contributed by atoms with E-state index in [1.807, 2.05) is 25.1 Å². The highest BCUT2D eigenvalue weighted by atomic mass is 35.5. The van der Waals surface area contributed by atoms with Crippen molar-refractivity contribution in [2.45, 2.75) is 13.3 Å². The Balaban J connectivity index is 1.90. The topological polar surface area (TPSA) is 47.0 Å². The van der Waals surface area contributed by atoms with Gasteiger partial charge in [0.25, 0.3) is 0 Å². The van der Waals surface area contributed by atoms with E-state index in [-0.39, 0.29) is 0 Å². The van der Waals surface area contributed by atoms with Gasteiger partial charge in [-0.25, -0.2) is 9.97 Å². The van der Waals surface area contributed by atoms with Crippen LogP contribution in [-0.4, -0.2) is 23.6 Å². The molecule has 0 fully saturated rings. The highest BCUT2D eigenvalue weighted by molar-refractivity contribution is 6.31. The van der Waals surface area contributed by atoms with Gasteiger partial charge in [0.1, 0.15) is 5.75 Å². The Hall–Kier alpha value is -1.81. The molecule has 1 aromatic carbocycles. The Labute approximate surface area is 117 Å². The van der Waals surface area contributed by atoms with Gasteiger partial charge in [-0.15, -0.1) is 0 Å². The fourth-order valence-corrected chi connectivity index (χ4v) is 1.92. The second-order valence-electron chi connectivity index (χ2n) is 4.22. The summed E-state index contributed by atoms with van der Waals surface area (Å²) in [6.45, 7) is 2.69. The van der Waals surface area contributed by atoms with E-state index < -0.39 is 0 Å². The zero-order valence-electron chi connectivity index (χ0n) is 11.0. The summed E-state index contributed by atoms with van der Waals surface area (Å²) in [4.78, 5) is 8.37. The fourth-order valence-electron chi connectivity index (χ4n) is 1.65. The first-order valence-corrected chi connectivity index (χ1v) is 6.42. The van der Waals surface area contributed by atoms with Gasteiger partial charge in [-0.05, 0) is 36.6 Å². The van der Waals surface area contributed by atoms with E-state index in [0.29, 0.717) is 11.0 Å². The molecule has 0 unspecified atom stereocenters. The maximum atomic E-state index is 6.17. The molecule has 2 rings (SSSR count). The summed E-state index contributed by atoms with van der Waals surface area (Å²) in [6.07, 6.45) is 4.38. The number of nitrogens with one attached hydrogen (secondary N) is 1. The fraction of sp³-hybridized carbons (Fsp3) is 0.286. The third-order valence-corrected chi connectivity index (χ3v) is 3.07. The quantitative estimate of drug-likeness (QED) is 0.912. The van der Waals surface area contributed by atoms with Crippen molar-refractivity contribution in [1.29, 1.82) is 0 Å². The van der Waals surface area contributed by atoms with Gasteiger partial charge in [0.2, 0.25) is 5.95 Å². The molecule has 0 spiro atoms. The van der Waals surface area contributed by atoms with Gasteiger partial charge in [0, 0.05) is 24.0 Å². The molecule has 0 saturated heterocycles. The van der Waals surface area contributed by atoms with Crippen LogP contribution >= 0.6 is 11.6 Å². The minimum atomic E-state index is 0.634. The van der Waals surface area contributed by atoms with Gasteiger partial charge < -0.3 is 10.1 Å². The third kappa shape index (κ3) is 3.83. The molecule has 19 heavy (non-hydrogen) atoms. The first-order valence-electron chi connectivity index (χ1n) is 6.04. The first-order chi connectivity index (χ1) is 9.19. The lowest BCUT2D eigenvalue weighted by Crippen LogP contribution is -2.08. The maximum absolute atomic E-state index is 6.17. The van der Waals surface area contributed by atoms with Crippen LogP contribution in [-0.2, 0) is 6.42 Å². The Morgan fingerprint density at radius 2 is 2.00 bits per heavy atom. The second-order valence-corrected chi connectivity index (χ2v) is 4.63. The summed E-state index contributed by atoms with van der Waals surface area (Å²) < 4.78 is 5.11. The number of aromatic nitrogens is 2. The number of ether oxygens (including phenoxy) is 1. The molecule has 4 nitrogen and oxygen atoms in total. The van der Waals surface area contributed by atoms with Crippen molar-refractivity contribution >= 4 is 17.5 Å². The van der Waals surface area contributed by atoms with Crippen LogP contribution in [0.2, 0.25) is 5.02 Å². The van der Waals surface area contributed by atoms with Crippen LogP contribution in [0.1, 0.15) is 11.1 Å². The summed E-state index contributed by atoms with van der Waals surface area (Å²) in [5, 5.41) is 3.88. The van der Waals surface area contributed by atoms with E-state index in [1.165, 1.54) is 0 Å². The van der Waals surface area contributed by atoms with Crippen molar-refractivity contribution in [1.82, 2.24) is 9.97 Å². The molecule has 0 amide bonds. The van der Waals surface area contributed by atoms with E-state index in [4.69, 9.17) is 16.3 Å². The van der Waals surface area contributed by atoms with Gasteiger partial charge in [-0.2, -0.15) is 0 Å². The lowest BCUT2D eigenvalue weighted by molar-refractivity contribution is 0.414. The van der Waals surface area contributed by atoms with Gasteiger partial charge in [0.05, 0.1) is 7.11 Å². The van der Waals surface area contributed by atoms with Crippen molar-refractivity contribution in [2.75, 3.05) is 19.0 Å². The smallest absolute Gasteiger partial charge is 0.222 e. The van der Waals surface area contributed by atoms with Crippen molar-refractivity contribution in [2.24, 2.45) is 0 Å². The van der Waals surface area contributed by atoms with E-state index in [9.17, 15) is 0 Å². The number of methoxy groups -OCH3 is 1. The van der Waals surface area contributed by atoms with Crippen LogP contribution in [0.3, 0.4) is 0 Å². The molecule has 0 saturated carbocycles. The number of rotatable bonds is 5. The molecular formula is C14H16ClN3O. The van der Waals surface area contributed by atoms with Crippen LogP contribution in [0.5, 0.6) is 5.75 Å². The van der Waals surface area contributed by atoms with Crippen LogP contribution in [0.15, 0.2) is 30.6 Å². The van der Waals surface area contributed by atoms with Gasteiger partial charge in [0.15, 0.2) is 0 Å². The summed E-state index contributed by atoms with van der Waals surface area (Å²) in [6, 6.07) is 5.70. The van der Waals surface area contributed by atoms with Crippen LogP contribution in [0, 0.1) is 6.92 Å². The van der Waals surface area contributed by atoms with Crippen molar-refractivity contribution < 1.29 is 4.74 Å². The largest absolute Gasteiger partial charge is 0.497 e. The third-order valence-electron chi connectivity index (χ3n) is 2.72. The predicted molar refractivity (Wildman–Crippen MR) is 77.0 cm³/mol.